The van der Waals surface area contributed by atoms with Gasteiger partial charge in [0, 0.05) is 11.6 Å². The number of benzene rings is 1. The van der Waals surface area contributed by atoms with Gasteiger partial charge in [-0.2, -0.15) is 0 Å². The summed E-state index contributed by atoms with van der Waals surface area (Å²) in [5.74, 6) is 0.805. The van der Waals surface area contributed by atoms with E-state index in [1.54, 1.807) is 0 Å². The van der Waals surface area contributed by atoms with Gasteiger partial charge >= 0.3 is 0 Å². The van der Waals surface area contributed by atoms with E-state index in [9.17, 15) is 0 Å². The molecular weight excluding hydrogens is 284 g/mol. The average molecular weight is 306 g/mol. The van der Waals surface area contributed by atoms with Gasteiger partial charge in [-0.25, -0.2) is 4.98 Å². The van der Waals surface area contributed by atoms with Gasteiger partial charge < -0.3 is 0 Å². The third kappa shape index (κ3) is 2.89. The maximum atomic E-state index is 4.83. The third-order valence-corrected chi connectivity index (χ3v) is 3.90. The van der Waals surface area contributed by atoms with Crippen molar-refractivity contribution in [3.8, 4) is 0 Å². The maximum absolute atomic E-state index is 4.83. The Morgan fingerprint density at radius 3 is 2.30 bits per heavy atom. The van der Waals surface area contributed by atoms with E-state index < -0.39 is 0 Å². The monoisotopic (exact) mass is 306 g/mol. The molecule has 0 aliphatic rings. The molecule has 0 aliphatic heterocycles. The van der Waals surface area contributed by atoms with E-state index in [0.29, 0.717) is 0 Å². The second-order valence-corrected chi connectivity index (χ2v) is 6.91. The van der Waals surface area contributed by atoms with Crippen molar-refractivity contribution in [3.63, 3.8) is 0 Å². The van der Waals surface area contributed by atoms with E-state index >= 15 is 0 Å². The molecule has 2 aromatic heterocycles. The Labute approximate surface area is 136 Å². The number of aryl methyl sites for hydroxylation is 2. The van der Waals surface area contributed by atoms with E-state index in [1.807, 2.05) is 47.9 Å². The Balaban J connectivity index is 2.20. The first-order chi connectivity index (χ1) is 10.9. The topological polar surface area (TPSA) is 42.0 Å². The van der Waals surface area contributed by atoms with Crippen molar-refractivity contribution >= 4 is 17.2 Å². The van der Waals surface area contributed by atoms with Crippen molar-refractivity contribution in [2.75, 3.05) is 0 Å². The molecule has 0 spiro atoms. The van der Waals surface area contributed by atoms with Gasteiger partial charge in [0.05, 0.1) is 11.4 Å². The molecule has 0 bridgehead atoms. The first-order valence-corrected chi connectivity index (χ1v) is 7.83. The van der Waals surface area contributed by atoms with E-state index in [0.717, 1.165) is 34.0 Å². The Morgan fingerprint density at radius 1 is 0.913 bits per heavy atom. The fraction of sp³-hybridized carbons (Fsp3) is 0.316. The summed E-state index contributed by atoms with van der Waals surface area (Å²) in [7, 11) is 0. The second-order valence-electron chi connectivity index (χ2n) is 6.91. The molecule has 23 heavy (non-hydrogen) atoms. The summed E-state index contributed by atoms with van der Waals surface area (Å²) < 4.78 is 2.03. The Bertz CT molecular complexity index is 882. The summed E-state index contributed by atoms with van der Waals surface area (Å²) in [6.07, 6.45) is 2.00. The second kappa shape index (κ2) is 5.61. The third-order valence-electron chi connectivity index (χ3n) is 3.90. The highest BCUT2D eigenvalue weighted by Crippen LogP contribution is 2.34. The van der Waals surface area contributed by atoms with Crippen molar-refractivity contribution < 1.29 is 0 Å². The Morgan fingerprint density at radius 2 is 1.61 bits per heavy atom. The fourth-order valence-corrected chi connectivity index (χ4v) is 2.57. The van der Waals surface area contributed by atoms with Gasteiger partial charge in [0.25, 0.3) is 0 Å². The number of azo groups is 1. The number of hydrogen-bond donors (Lipinski definition) is 0. The molecule has 118 valence electrons. The molecule has 0 radical (unpaired) electrons. The molecule has 2 heterocycles. The van der Waals surface area contributed by atoms with Crippen LogP contribution in [-0.4, -0.2) is 9.38 Å². The van der Waals surface area contributed by atoms with E-state index in [2.05, 4.69) is 44.0 Å². The van der Waals surface area contributed by atoms with Crippen LogP contribution < -0.4 is 0 Å². The number of nitrogens with zero attached hydrogens (tertiary/aromatic N) is 4. The molecule has 0 saturated carbocycles. The molecule has 0 aliphatic carbocycles. The number of imidazole rings is 1. The lowest BCUT2D eigenvalue weighted by molar-refractivity contribution is 0.573. The van der Waals surface area contributed by atoms with Crippen LogP contribution in [0.25, 0.3) is 5.65 Å². The summed E-state index contributed by atoms with van der Waals surface area (Å²) in [5, 5.41) is 9.02. The van der Waals surface area contributed by atoms with Gasteiger partial charge in [-0.15, -0.1) is 10.2 Å². The first-order valence-electron chi connectivity index (χ1n) is 7.83. The minimum absolute atomic E-state index is 0.0987. The van der Waals surface area contributed by atoms with Crippen molar-refractivity contribution in [1.29, 1.82) is 0 Å². The summed E-state index contributed by atoms with van der Waals surface area (Å²) in [6, 6.07) is 12.1. The van der Waals surface area contributed by atoms with Gasteiger partial charge in [-0.1, -0.05) is 45.0 Å². The molecule has 4 nitrogen and oxygen atoms in total. The van der Waals surface area contributed by atoms with Crippen LogP contribution in [0.5, 0.6) is 0 Å². The van der Waals surface area contributed by atoms with Crippen LogP contribution in [0.3, 0.4) is 0 Å². The maximum Gasteiger partial charge on any atom is 0.183 e. The molecule has 1 aromatic carbocycles. The van der Waals surface area contributed by atoms with Crippen LogP contribution in [0.1, 0.15) is 37.6 Å². The summed E-state index contributed by atoms with van der Waals surface area (Å²) in [6.45, 7) is 10.6. The van der Waals surface area contributed by atoms with Gasteiger partial charge in [0.2, 0.25) is 0 Å². The van der Waals surface area contributed by atoms with Crippen molar-refractivity contribution in [3.05, 3.63) is 59.4 Å². The lowest BCUT2D eigenvalue weighted by atomic mass is 9.92. The summed E-state index contributed by atoms with van der Waals surface area (Å²) in [5.41, 5.74) is 4.93. The quantitative estimate of drug-likeness (QED) is 0.563. The molecule has 0 amide bonds. The van der Waals surface area contributed by atoms with Crippen molar-refractivity contribution in [1.82, 2.24) is 9.38 Å². The molecule has 0 atom stereocenters. The molecule has 0 saturated heterocycles. The zero-order valence-electron chi connectivity index (χ0n) is 14.3. The minimum atomic E-state index is -0.0987. The van der Waals surface area contributed by atoms with Gasteiger partial charge in [0.15, 0.2) is 5.82 Å². The van der Waals surface area contributed by atoms with E-state index in [4.69, 9.17) is 4.98 Å². The molecule has 0 N–H and O–H groups in total. The molecule has 0 fully saturated rings. The highest BCUT2D eigenvalue weighted by atomic mass is 15.2. The number of rotatable bonds is 2. The van der Waals surface area contributed by atoms with E-state index in [-0.39, 0.29) is 5.41 Å². The van der Waals surface area contributed by atoms with Gasteiger partial charge in [-0.05, 0) is 37.1 Å². The summed E-state index contributed by atoms with van der Waals surface area (Å²) >= 11 is 0. The number of hydrogen-bond acceptors (Lipinski definition) is 3. The number of fused-ring (bicyclic) bond motifs is 1. The van der Waals surface area contributed by atoms with Crippen LogP contribution >= 0.6 is 0 Å². The average Bonchev–Trinajstić information content (AvgIpc) is 2.87. The van der Waals surface area contributed by atoms with Crippen molar-refractivity contribution in [2.45, 2.75) is 40.0 Å². The number of pyridine rings is 1. The van der Waals surface area contributed by atoms with Crippen LogP contribution in [0, 0.1) is 13.8 Å². The molecule has 3 rings (SSSR count). The van der Waals surface area contributed by atoms with Crippen LogP contribution in [0.4, 0.5) is 11.5 Å². The molecule has 3 aromatic rings. The zero-order chi connectivity index (χ0) is 16.6. The smallest absolute Gasteiger partial charge is 0.183 e. The molecule has 4 heteroatoms. The predicted octanol–water partition coefficient (Wildman–Crippen LogP) is 5.66. The highest BCUT2D eigenvalue weighted by molar-refractivity contribution is 5.58. The SMILES string of the molecule is Cc1ccccc1N=Nc1c(C(C)(C)C)nc2c(C)cccn12. The molecular formula is C19H22N4. The lowest BCUT2D eigenvalue weighted by Gasteiger charge is -2.15. The Kier molecular flexibility index (Phi) is 3.76. The van der Waals surface area contributed by atoms with E-state index in [1.165, 1.54) is 0 Å². The minimum Gasteiger partial charge on any atom is -0.283 e. The van der Waals surface area contributed by atoms with Crippen LogP contribution in [0.15, 0.2) is 52.8 Å². The normalized spacial score (nSPS) is 12.4. The zero-order valence-corrected chi connectivity index (χ0v) is 14.3. The van der Waals surface area contributed by atoms with Gasteiger partial charge in [-0.3, -0.25) is 4.40 Å². The van der Waals surface area contributed by atoms with Crippen LogP contribution in [0.2, 0.25) is 0 Å². The summed E-state index contributed by atoms with van der Waals surface area (Å²) in [4.78, 5) is 4.83. The number of aromatic nitrogens is 2. The Hall–Kier alpha value is -2.49. The van der Waals surface area contributed by atoms with Crippen molar-refractivity contribution in [2.24, 2.45) is 10.2 Å². The predicted molar refractivity (Wildman–Crippen MR) is 94.0 cm³/mol. The fourth-order valence-electron chi connectivity index (χ4n) is 2.57. The van der Waals surface area contributed by atoms with Gasteiger partial charge in [0.1, 0.15) is 5.65 Å². The van der Waals surface area contributed by atoms with Crippen LogP contribution in [-0.2, 0) is 5.41 Å². The first kappa shape index (κ1) is 15.4. The standard InChI is InChI=1S/C19H22N4/c1-13-9-6-7-11-15(13)21-22-18-16(19(3,4)5)20-17-14(2)10-8-12-23(17)18/h6-12H,1-5H3. The highest BCUT2D eigenvalue weighted by Gasteiger charge is 2.24. The largest absolute Gasteiger partial charge is 0.283 e. The lowest BCUT2D eigenvalue weighted by Crippen LogP contribution is -2.11. The molecule has 0 unspecified atom stereocenters.